The van der Waals surface area contributed by atoms with E-state index in [4.69, 9.17) is 4.74 Å². The minimum Gasteiger partial charge on any atom is -0.469 e. The predicted molar refractivity (Wildman–Crippen MR) is 73.1 cm³/mol. The maximum Gasteiger partial charge on any atom is 0.268 e. The van der Waals surface area contributed by atoms with Gasteiger partial charge in [-0.2, -0.15) is 0 Å². The summed E-state index contributed by atoms with van der Waals surface area (Å²) in [5.41, 5.74) is 0.862. The Bertz CT molecular complexity index is 554. The molecule has 5 heteroatoms. The van der Waals surface area contributed by atoms with Gasteiger partial charge in [-0.25, -0.2) is 4.98 Å². The first-order valence-electron chi connectivity index (χ1n) is 5.13. The van der Waals surface area contributed by atoms with Gasteiger partial charge in [0.15, 0.2) is 0 Å². The Hall–Kier alpha value is -1.37. The lowest BCUT2D eigenvalue weighted by Crippen LogP contribution is -2.14. The highest BCUT2D eigenvalue weighted by atomic mass is 127. The van der Waals surface area contributed by atoms with Crippen molar-refractivity contribution in [1.29, 1.82) is 0 Å². The highest BCUT2D eigenvalue weighted by molar-refractivity contribution is 14.1. The number of nitrogens with zero attached hydrogens (tertiary/aromatic N) is 1. The van der Waals surface area contributed by atoms with E-state index in [1.54, 1.807) is 0 Å². The lowest BCUT2D eigenvalue weighted by Gasteiger charge is -2.14. The third-order valence-electron chi connectivity index (χ3n) is 2.32. The van der Waals surface area contributed by atoms with Gasteiger partial charge in [0.2, 0.25) is 5.88 Å². The van der Waals surface area contributed by atoms with Gasteiger partial charge in [-0.3, -0.25) is 4.79 Å². The number of aromatic amines is 1. The molecule has 4 nitrogen and oxygen atoms in total. The number of H-pyrrole nitrogens is 1. The maximum absolute atomic E-state index is 11.4. The molecule has 1 heterocycles. The second-order valence-corrected chi connectivity index (χ2v) is 4.60. The fourth-order valence-electron chi connectivity index (χ4n) is 1.41. The predicted octanol–water partition coefficient (Wildman–Crippen LogP) is 2.51. The summed E-state index contributed by atoms with van der Waals surface area (Å²) in [6, 6.07) is 9.80. The molecule has 17 heavy (non-hydrogen) atoms. The minimum absolute atomic E-state index is 0.140. The molecule has 0 saturated heterocycles. The molecule has 1 N–H and O–H groups in total. The van der Waals surface area contributed by atoms with Crippen molar-refractivity contribution in [3.8, 4) is 5.88 Å². The van der Waals surface area contributed by atoms with Crippen LogP contribution in [0.1, 0.15) is 18.6 Å². The number of ether oxygens (including phenoxy) is 1. The molecule has 1 aromatic heterocycles. The van der Waals surface area contributed by atoms with E-state index in [2.05, 4.69) is 9.97 Å². The van der Waals surface area contributed by atoms with Gasteiger partial charge in [-0.15, -0.1) is 0 Å². The topological polar surface area (TPSA) is 55.0 Å². The second kappa shape index (κ2) is 5.31. The van der Waals surface area contributed by atoms with Gasteiger partial charge in [0.25, 0.3) is 5.56 Å². The van der Waals surface area contributed by atoms with E-state index in [-0.39, 0.29) is 11.7 Å². The molecule has 0 aliphatic carbocycles. The summed E-state index contributed by atoms with van der Waals surface area (Å²) in [6.07, 6.45) is 1.20. The van der Waals surface area contributed by atoms with E-state index in [0.717, 1.165) is 5.56 Å². The lowest BCUT2D eigenvalue weighted by molar-refractivity contribution is 0.214. The van der Waals surface area contributed by atoms with Crippen LogP contribution in [0.15, 0.2) is 41.5 Å². The number of nitrogens with one attached hydrogen (secondary N) is 1. The van der Waals surface area contributed by atoms with Gasteiger partial charge >= 0.3 is 0 Å². The SMILES string of the molecule is CC(Oc1nc[nH]c(=O)c1I)c1ccccc1. The van der Waals surface area contributed by atoms with Crippen molar-refractivity contribution in [3.63, 3.8) is 0 Å². The highest BCUT2D eigenvalue weighted by Crippen LogP contribution is 2.21. The van der Waals surface area contributed by atoms with Crippen molar-refractivity contribution in [2.45, 2.75) is 13.0 Å². The zero-order valence-electron chi connectivity index (χ0n) is 9.18. The number of hydrogen-bond donors (Lipinski definition) is 1. The Labute approximate surface area is 112 Å². The van der Waals surface area contributed by atoms with E-state index >= 15 is 0 Å². The third-order valence-corrected chi connectivity index (χ3v) is 3.27. The summed E-state index contributed by atoms with van der Waals surface area (Å²) in [5, 5.41) is 0. The van der Waals surface area contributed by atoms with Crippen LogP contribution >= 0.6 is 22.6 Å². The van der Waals surface area contributed by atoms with Crippen LogP contribution < -0.4 is 10.3 Å². The Balaban J connectivity index is 2.22. The summed E-state index contributed by atoms with van der Waals surface area (Å²) in [7, 11) is 0. The Morgan fingerprint density at radius 3 is 2.76 bits per heavy atom. The van der Waals surface area contributed by atoms with Crippen LogP contribution in [-0.4, -0.2) is 9.97 Å². The number of benzene rings is 1. The maximum atomic E-state index is 11.4. The highest BCUT2D eigenvalue weighted by Gasteiger charge is 2.11. The Kier molecular flexibility index (Phi) is 3.78. The van der Waals surface area contributed by atoms with Gasteiger partial charge in [0.1, 0.15) is 9.67 Å². The first kappa shape index (κ1) is 12.1. The van der Waals surface area contributed by atoms with E-state index < -0.39 is 0 Å². The molecule has 0 radical (unpaired) electrons. The number of rotatable bonds is 3. The standard InChI is InChI=1S/C12H11IN2O2/c1-8(9-5-3-2-4-6-9)17-12-10(13)11(16)14-7-15-12/h2-8H,1H3,(H,14,15,16). The summed E-state index contributed by atoms with van der Waals surface area (Å²) >= 11 is 1.93. The van der Waals surface area contributed by atoms with E-state index in [1.165, 1.54) is 6.33 Å². The fraction of sp³-hybridized carbons (Fsp3) is 0.167. The van der Waals surface area contributed by atoms with Gasteiger partial charge in [0.05, 0.1) is 6.33 Å². The molecule has 88 valence electrons. The molecule has 2 aromatic rings. The molecule has 2 rings (SSSR count). The quantitative estimate of drug-likeness (QED) is 0.872. The molecule has 1 atom stereocenters. The van der Waals surface area contributed by atoms with Crippen LogP contribution in [0.25, 0.3) is 0 Å². The first-order valence-corrected chi connectivity index (χ1v) is 6.21. The van der Waals surface area contributed by atoms with Crippen LogP contribution in [0.4, 0.5) is 0 Å². The molecule has 0 amide bonds. The molecular weight excluding hydrogens is 331 g/mol. The van der Waals surface area contributed by atoms with Gasteiger partial charge in [0, 0.05) is 0 Å². The van der Waals surface area contributed by atoms with Crippen molar-refractivity contribution < 1.29 is 4.74 Å². The molecule has 1 unspecified atom stereocenters. The van der Waals surface area contributed by atoms with E-state index in [9.17, 15) is 4.79 Å². The van der Waals surface area contributed by atoms with Crippen LogP contribution in [0.5, 0.6) is 5.88 Å². The van der Waals surface area contributed by atoms with Gasteiger partial charge in [-0.05, 0) is 35.1 Å². The summed E-state index contributed by atoms with van der Waals surface area (Å²) in [5.74, 6) is 0.366. The molecule has 1 aromatic carbocycles. The molecule has 0 bridgehead atoms. The summed E-state index contributed by atoms with van der Waals surface area (Å²) in [4.78, 5) is 17.9. The smallest absolute Gasteiger partial charge is 0.268 e. The molecule has 0 saturated carbocycles. The first-order chi connectivity index (χ1) is 8.18. The lowest BCUT2D eigenvalue weighted by atomic mass is 10.1. The molecular formula is C12H11IN2O2. The fourth-order valence-corrected chi connectivity index (χ4v) is 1.83. The van der Waals surface area contributed by atoms with Gasteiger partial charge < -0.3 is 9.72 Å². The van der Waals surface area contributed by atoms with Crippen LogP contribution in [0.2, 0.25) is 0 Å². The van der Waals surface area contributed by atoms with Gasteiger partial charge in [-0.1, -0.05) is 30.3 Å². The minimum atomic E-state index is -0.184. The summed E-state index contributed by atoms with van der Waals surface area (Å²) < 4.78 is 6.14. The van der Waals surface area contributed by atoms with Crippen LogP contribution in [-0.2, 0) is 0 Å². The van der Waals surface area contributed by atoms with Crippen molar-refractivity contribution >= 4 is 22.6 Å². The third kappa shape index (κ3) is 2.85. The zero-order valence-corrected chi connectivity index (χ0v) is 11.3. The van der Waals surface area contributed by atoms with Crippen molar-refractivity contribution in [1.82, 2.24) is 9.97 Å². The number of aromatic nitrogens is 2. The number of hydrogen-bond acceptors (Lipinski definition) is 3. The van der Waals surface area contributed by atoms with Crippen LogP contribution in [0, 0.1) is 3.57 Å². The zero-order chi connectivity index (χ0) is 12.3. The average Bonchev–Trinajstić information content (AvgIpc) is 2.36. The van der Waals surface area contributed by atoms with Crippen LogP contribution in [0.3, 0.4) is 0 Å². The van der Waals surface area contributed by atoms with E-state index in [1.807, 2.05) is 59.8 Å². The normalized spacial score (nSPS) is 12.1. The average molecular weight is 342 g/mol. The number of halogens is 1. The molecule has 0 fully saturated rings. The largest absolute Gasteiger partial charge is 0.469 e. The van der Waals surface area contributed by atoms with E-state index in [0.29, 0.717) is 9.45 Å². The van der Waals surface area contributed by atoms with Crippen molar-refractivity contribution in [2.75, 3.05) is 0 Å². The Morgan fingerprint density at radius 2 is 2.06 bits per heavy atom. The summed E-state index contributed by atoms with van der Waals surface area (Å²) in [6.45, 7) is 1.92. The monoisotopic (exact) mass is 342 g/mol. The Morgan fingerprint density at radius 1 is 1.35 bits per heavy atom. The molecule has 0 aliphatic heterocycles. The molecule has 0 spiro atoms. The van der Waals surface area contributed by atoms with Crippen molar-refractivity contribution in [2.24, 2.45) is 0 Å². The second-order valence-electron chi connectivity index (χ2n) is 3.52. The molecule has 0 aliphatic rings. The van der Waals surface area contributed by atoms with Crippen molar-refractivity contribution in [3.05, 3.63) is 56.1 Å².